The zero-order chi connectivity index (χ0) is 10.6. The van der Waals surface area contributed by atoms with Gasteiger partial charge in [0.25, 0.3) is 0 Å². The van der Waals surface area contributed by atoms with Gasteiger partial charge in [0.2, 0.25) is 5.91 Å². The fraction of sp³-hybridized carbons (Fsp3) is 0.909. The second-order valence-corrected chi connectivity index (χ2v) is 4.56. The van der Waals surface area contributed by atoms with E-state index in [2.05, 4.69) is 13.8 Å². The molecule has 1 aliphatic heterocycles. The molecule has 0 radical (unpaired) electrons. The second kappa shape index (κ2) is 5.35. The predicted octanol–water partition coefficient (Wildman–Crippen LogP) is 1.41. The van der Waals surface area contributed by atoms with Gasteiger partial charge in [-0.1, -0.05) is 13.8 Å². The van der Waals surface area contributed by atoms with Crippen LogP contribution in [0, 0.1) is 5.92 Å². The fourth-order valence-electron chi connectivity index (χ4n) is 1.81. The Labute approximate surface area is 86.1 Å². The number of likely N-dealkylation sites (tertiary alicyclic amines) is 1. The number of rotatable bonds is 2. The maximum absolute atomic E-state index is 11.7. The Bertz CT molecular complexity index is 192. The van der Waals surface area contributed by atoms with Gasteiger partial charge in [-0.2, -0.15) is 0 Å². The minimum atomic E-state index is -0.202. The van der Waals surface area contributed by atoms with Gasteiger partial charge >= 0.3 is 0 Å². The van der Waals surface area contributed by atoms with Crippen molar-refractivity contribution in [3.05, 3.63) is 0 Å². The van der Waals surface area contributed by atoms with E-state index in [4.69, 9.17) is 0 Å². The molecule has 1 unspecified atom stereocenters. The van der Waals surface area contributed by atoms with Crippen molar-refractivity contribution in [3.8, 4) is 0 Å². The van der Waals surface area contributed by atoms with Crippen LogP contribution in [0.5, 0.6) is 0 Å². The number of carbonyl (C=O) groups is 1. The second-order valence-electron chi connectivity index (χ2n) is 4.56. The molecule has 1 aliphatic rings. The zero-order valence-electron chi connectivity index (χ0n) is 9.20. The summed E-state index contributed by atoms with van der Waals surface area (Å²) in [5.74, 6) is 0.671. The number of aliphatic hydroxyl groups is 1. The molecule has 1 saturated heterocycles. The molecule has 1 rings (SSSR count). The lowest BCUT2D eigenvalue weighted by atomic mass is 10.1. The molecule has 0 aromatic heterocycles. The highest BCUT2D eigenvalue weighted by molar-refractivity contribution is 5.76. The third-order valence-electron chi connectivity index (χ3n) is 2.63. The topological polar surface area (TPSA) is 40.5 Å². The van der Waals surface area contributed by atoms with Gasteiger partial charge < -0.3 is 10.0 Å². The van der Waals surface area contributed by atoms with E-state index < -0.39 is 0 Å². The van der Waals surface area contributed by atoms with Crippen LogP contribution < -0.4 is 0 Å². The first-order chi connectivity index (χ1) is 6.59. The first-order valence-electron chi connectivity index (χ1n) is 5.55. The lowest BCUT2D eigenvalue weighted by Gasteiger charge is -2.21. The molecule has 0 spiro atoms. The standard InChI is InChI=1S/C11H21NO2/c1-9(2)8-11(14)12-6-3-4-10(13)5-7-12/h9-10,13H,3-8H2,1-2H3. The molecule has 3 nitrogen and oxygen atoms in total. The first-order valence-corrected chi connectivity index (χ1v) is 5.55. The molecule has 0 aromatic carbocycles. The predicted molar refractivity (Wildman–Crippen MR) is 55.9 cm³/mol. The molecule has 1 N–H and O–H groups in total. The van der Waals surface area contributed by atoms with Gasteiger partial charge in [-0.3, -0.25) is 4.79 Å². The third-order valence-corrected chi connectivity index (χ3v) is 2.63. The Morgan fingerprint density at radius 2 is 2.14 bits per heavy atom. The molecule has 1 heterocycles. The van der Waals surface area contributed by atoms with Crippen LogP contribution in [0.2, 0.25) is 0 Å². The molecule has 1 fully saturated rings. The summed E-state index contributed by atoms with van der Waals surface area (Å²) in [5.41, 5.74) is 0. The molecule has 0 aliphatic carbocycles. The van der Waals surface area contributed by atoms with Crippen LogP contribution in [0.25, 0.3) is 0 Å². The quantitative estimate of drug-likeness (QED) is 0.730. The molecule has 0 bridgehead atoms. The number of aliphatic hydroxyl groups excluding tert-OH is 1. The van der Waals surface area contributed by atoms with E-state index in [9.17, 15) is 9.90 Å². The average molecular weight is 199 g/mol. The van der Waals surface area contributed by atoms with Crippen molar-refractivity contribution >= 4 is 5.91 Å². The summed E-state index contributed by atoms with van der Waals surface area (Å²) in [6.07, 6.45) is 2.95. The van der Waals surface area contributed by atoms with Gasteiger partial charge in [-0.25, -0.2) is 0 Å². The van der Waals surface area contributed by atoms with Crippen molar-refractivity contribution in [2.24, 2.45) is 5.92 Å². The zero-order valence-corrected chi connectivity index (χ0v) is 9.20. The highest BCUT2D eigenvalue weighted by Crippen LogP contribution is 2.13. The van der Waals surface area contributed by atoms with Crippen molar-refractivity contribution < 1.29 is 9.90 Å². The number of hydrogen-bond donors (Lipinski definition) is 1. The van der Waals surface area contributed by atoms with Gasteiger partial charge in [0, 0.05) is 19.5 Å². The van der Waals surface area contributed by atoms with E-state index in [-0.39, 0.29) is 12.0 Å². The summed E-state index contributed by atoms with van der Waals surface area (Å²) in [7, 11) is 0. The summed E-state index contributed by atoms with van der Waals surface area (Å²) in [6, 6.07) is 0. The molecular formula is C11H21NO2. The van der Waals surface area contributed by atoms with E-state index >= 15 is 0 Å². The van der Waals surface area contributed by atoms with E-state index in [1.165, 1.54) is 0 Å². The minimum absolute atomic E-state index is 0.202. The molecule has 0 aromatic rings. The van der Waals surface area contributed by atoms with Crippen molar-refractivity contribution in [1.29, 1.82) is 0 Å². The highest BCUT2D eigenvalue weighted by Gasteiger charge is 2.19. The van der Waals surface area contributed by atoms with Crippen LogP contribution in [-0.2, 0) is 4.79 Å². The summed E-state index contributed by atoms with van der Waals surface area (Å²) < 4.78 is 0. The normalized spacial score (nSPS) is 23.7. The van der Waals surface area contributed by atoms with E-state index in [0.717, 1.165) is 32.4 Å². The lowest BCUT2D eigenvalue weighted by molar-refractivity contribution is -0.131. The number of nitrogens with zero attached hydrogens (tertiary/aromatic N) is 1. The number of carbonyl (C=O) groups excluding carboxylic acids is 1. The van der Waals surface area contributed by atoms with Gasteiger partial charge in [-0.05, 0) is 25.2 Å². The van der Waals surface area contributed by atoms with E-state index in [0.29, 0.717) is 12.3 Å². The summed E-state index contributed by atoms with van der Waals surface area (Å²) in [5, 5.41) is 9.43. The van der Waals surface area contributed by atoms with Crippen LogP contribution in [0.1, 0.15) is 39.5 Å². The molecule has 1 atom stereocenters. The molecule has 3 heteroatoms. The van der Waals surface area contributed by atoms with Crippen molar-refractivity contribution in [2.75, 3.05) is 13.1 Å². The van der Waals surface area contributed by atoms with Crippen LogP contribution in [0.3, 0.4) is 0 Å². The molecular weight excluding hydrogens is 178 g/mol. The Morgan fingerprint density at radius 3 is 2.79 bits per heavy atom. The monoisotopic (exact) mass is 199 g/mol. The van der Waals surface area contributed by atoms with Gasteiger partial charge in [0.15, 0.2) is 0 Å². The number of amides is 1. The Balaban J connectivity index is 2.39. The van der Waals surface area contributed by atoms with Gasteiger partial charge in [0.05, 0.1) is 6.10 Å². The maximum atomic E-state index is 11.7. The summed E-state index contributed by atoms with van der Waals surface area (Å²) >= 11 is 0. The largest absolute Gasteiger partial charge is 0.393 e. The Hall–Kier alpha value is -0.570. The van der Waals surface area contributed by atoms with Crippen molar-refractivity contribution in [2.45, 2.75) is 45.6 Å². The maximum Gasteiger partial charge on any atom is 0.222 e. The smallest absolute Gasteiger partial charge is 0.222 e. The van der Waals surface area contributed by atoms with Gasteiger partial charge in [-0.15, -0.1) is 0 Å². The van der Waals surface area contributed by atoms with Crippen molar-refractivity contribution in [1.82, 2.24) is 4.90 Å². The van der Waals surface area contributed by atoms with Crippen LogP contribution >= 0.6 is 0 Å². The Morgan fingerprint density at radius 1 is 1.43 bits per heavy atom. The molecule has 0 saturated carbocycles. The fourth-order valence-corrected chi connectivity index (χ4v) is 1.81. The minimum Gasteiger partial charge on any atom is -0.393 e. The third kappa shape index (κ3) is 3.66. The van der Waals surface area contributed by atoms with Gasteiger partial charge in [0.1, 0.15) is 0 Å². The van der Waals surface area contributed by atoms with Crippen molar-refractivity contribution in [3.63, 3.8) is 0 Å². The summed E-state index contributed by atoms with van der Waals surface area (Å²) in [4.78, 5) is 13.6. The Kier molecular flexibility index (Phi) is 4.39. The molecule has 82 valence electrons. The molecule has 1 amide bonds. The highest BCUT2D eigenvalue weighted by atomic mass is 16.3. The number of hydrogen-bond acceptors (Lipinski definition) is 2. The van der Waals surface area contributed by atoms with Crippen LogP contribution in [0.15, 0.2) is 0 Å². The average Bonchev–Trinajstić information content (AvgIpc) is 2.28. The van der Waals surface area contributed by atoms with E-state index in [1.807, 2.05) is 4.90 Å². The van der Waals surface area contributed by atoms with E-state index in [1.54, 1.807) is 0 Å². The lowest BCUT2D eigenvalue weighted by Crippen LogP contribution is -2.32. The molecule has 14 heavy (non-hydrogen) atoms. The SMILES string of the molecule is CC(C)CC(=O)N1CCCC(O)CC1. The van der Waals surface area contributed by atoms with Crippen LogP contribution in [0.4, 0.5) is 0 Å². The first kappa shape index (κ1) is 11.5. The summed E-state index contributed by atoms with van der Waals surface area (Å²) in [6.45, 7) is 5.67. The van der Waals surface area contributed by atoms with Crippen LogP contribution in [-0.4, -0.2) is 35.1 Å².